The molecule has 1 amide bonds. The largest absolute Gasteiger partial charge is 0.449 e. The highest BCUT2D eigenvalue weighted by Crippen LogP contribution is 2.47. The fourth-order valence-electron chi connectivity index (χ4n) is 4.96. The second-order valence-electron chi connectivity index (χ2n) is 9.35. The zero-order valence-electron chi connectivity index (χ0n) is 17.1. The Hall–Kier alpha value is -2.36. The van der Waals surface area contributed by atoms with E-state index in [0.717, 1.165) is 18.2 Å². The van der Waals surface area contributed by atoms with Crippen LogP contribution >= 0.6 is 0 Å². The van der Waals surface area contributed by atoms with Crippen molar-refractivity contribution in [2.45, 2.75) is 62.3 Å². The molecule has 10 heteroatoms. The summed E-state index contributed by atoms with van der Waals surface area (Å²) < 4.78 is 76.3. The Bertz CT molecular complexity index is 1050. The summed E-state index contributed by atoms with van der Waals surface area (Å²) in [6, 6.07) is 2.82. The number of nitrogens with zero attached hydrogens (tertiary/aromatic N) is 1. The number of anilines is 1. The minimum Gasteiger partial charge on any atom is -0.449 e. The molecule has 0 unspecified atom stereocenters. The van der Waals surface area contributed by atoms with Gasteiger partial charge in [0.2, 0.25) is 5.76 Å². The summed E-state index contributed by atoms with van der Waals surface area (Å²) in [6.07, 6.45) is -3.08. The number of halogens is 5. The summed E-state index contributed by atoms with van der Waals surface area (Å²) >= 11 is 0. The van der Waals surface area contributed by atoms with Gasteiger partial charge in [0, 0.05) is 17.8 Å². The van der Waals surface area contributed by atoms with E-state index in [1.54, 1.807) is 0 Å². The molecule has 2 heterocycles. The first-order valence-electron chi connectivity index (χ1n) is 10.7. The lowest BCUT2D eigenvalue weighted by atomic mass is 9.83. The number of hydrogen-bond donors (Lipinski definition) is 2. The topological polar surface area (TPSA) is 65.7 Å². The van der Waals surface area contributed by atoms with Gasteiger partial charge in [0.25, 0.3) is 11.8 Å². The summed E-state index contributed by atoms with van der Waals surface area (Å²) in [4.78, 5) is 14.1. The van der Waals surface area contributed by atoms with E-state index in [1.807, 2.05) is 0 Å². The highest BCUT2D eigenvalue weighted by molar-refractivity contribution is 6.08. The lowest BCUT2D eigenvalue weighted by Crippen LogP contribution is -2.48. The number of furan rings is 1. The van der Waals surface area contributed by atoms with Crippen LogP contribution in [-0.4, -0.2) is 41.7 Å². The van der Waals surface area contributed by atoms with Crippen molar-refractivity contribution in [3.63, 3.8) is 0 Å². The van der Waals surface area contributed by atoms with E-state index >= 15 is 8.78 Å². The quantitative estimate of drug-likeness (QED) is 0.654. The van der Waals surface area contributed by atoms with Gasteiger partial charge in [-0.05, 0) is 56.7 Å². The van der Waals surface area contributed by atoms with E-state index in [9.17, 15) is 23.1 Å². The number of aliphatic hydroxyl groups is 1. The zero-order valence-corrected chi connectivity index (χ0v) is 17.1. The summed E-state index contributed by atoms with van der Waals surface area (Å²) in [5.74, 6) is -4.93. The molecule has 1 aromatic heterocycles. The molecule has 2 saturated carbocycles. The van der Waals surface area contributed by atoms with Crippen molar-refractivity contribution < 1.29 is 36.3 Å². The summed E-state index contributed by atoms with van der Waals surface area (Å²) in [6.45, 7) is -0.663. The van der Waals surface area contributed by atoms with Gasteiger partial charge in [-0.3, -0.25) is 4.79 Å². The maximum absolute atomic E-state index is 15.4. The molecule has 2 aromatic rings. The molecule has 5 nitrogen and oxygen atoms in total. The number of rotatable bonds is 3. The predicted molar refractivity (Wildman–Crippen MR) is 106 cm³/mol. The van der Waals surface area contributed by atoms with Crippen molar-refractivity contribution in [1.82, 2.24) is 5.32 Å². The predicted octanol–water partition coefficient (Wildman–Crippen LogP) is 4.72. The van der Waals surface area contributed by atoms with Crippen molar-refractivity contribution in [3.05, 3.63) is 29.5 Å². The maximum Gasteiger partial charge on any atom is 0.416 e. The summed E-state index contributed by atoms with van der Waals surface area (Å²) in [5.41, 5.74) is -1.58. The summed E-state index contributed by atoms with van der Waals surface area (Å²) in [7, 11) is 0. The first-order chi connectivity index (χ1) is 15.0. The van der Waals surface area contributed by atoms with Crippen molar-refractivity contribution >= 4 is 22.6 Å². The molecule has 2 fully saturated rings. The van der Waals surface area contributed by atoms with Crippen molar-refractivity contribution in [1.29, 1.82) is 0 Å². The summed E-state index contributed by atoms with van der Waals surface area (Å²) in [5, 5.41) is 12.5. The standard InChI is InChI=1S/C22H23F5N2O3/c23-21(24,12-1-4-14(30)5-2-12)11-29-10-20(7-8-20)28-19(31)18-17(29)15-9-13(22(25,26)27)3-6-16(15)32-18/h3,6,9,12,14,30H,1-2,4-5,7-8,10-11H2,(H,28,31)/t12-,14-. The van der Waals surface area contributed by atoms with E-state index in [2.05, 4.69) is 5.32 Å². The van der Waals surface area contributed by atoms with Gasteiger partial charge >= 0.3 is 6.18 Å². The molecular weight excluding hydrogens is 435 g/mol. The number of hydrogen-bond acceptors (Lipinski definition) is 4. The number of benzene rings is 1. The van der Waals surface area contributed by atoms with Gasteiger partial charge < -0.3 is 19.7 Å². The third-order valence-electron chi connectivity index (χ3n) is 6.93. The molecule has 2 aliphatic carbocycles. The molecule has 3 aliphatic rings. The lowest BCUT2D eigenvalue weighted by molar-refractivity contribution is -0.137. The first-order valence-corrected chi connectivity index (χ1v) is 10.7. The molecule has 2 N–H and O–H groups in total. The van der Waals surface area contributed by atoms with Crippen LogP contribution in [0.5, 0.6) is 0 Å². The second-order valence-corrected chi connectivity index (χ2v) is 9.35. The van der Waals surface area contributed by atoms with Gasteiger partial charge in [-0.2, -0.15) is 13.2 Å². The van der Waals surface area contributed by atoms with E-state index in [4.69, 9.17) is 4.42 Å². The average molecular weight is 458 g/mol. The van der Waals surface area contributed by atoms with Gasteiger partial charge in [-0.25, -0.2) is 8.78 Å². The highest BCUT2D eigenvalue weighted by atomic mass is 19.4. The number of nitrogens with one attached hydrogen (secondary N) is 1. The van der Waals surface area contributed by atoms with Gasteiger partial charge in [0.05, 0.1) is 29.4 Å². The number of alkyl halides is 5. The third-order valence-corrected chi connectivity index (χ3v) is 6.93. The van der Waals surface area contributed by atoms with E-state index < -0.39 is 47.7 Å². The Morgan fingerprint density at radius 3 is 2.44 bits per heavy atom. The Balaban J connectivity index is 1.57. The number of carbonyl (C=O) groups is 1. The van der Waals surface area contributed by atoms with Crippen LogP contribution in [0.2, 0.25) is 0 Å². The molecule has 174 valence electrons. The molecule has 1 aliphatic heterocycles. The highest BCUT2D eigenvalue weighted by Gasteiger charge is 2.52. The Morgan fingerprint density at radius 1 is 1.12 bits per heavy atom. The van der Waals surface area contributed by atoms with Crippen molar-refractivity contribution in [3.8, 4) is 0 Å². The molecule has 0 bridgehead atoms. The van der Waals surface area contributed by atoms with Gasteiger partial charge in [0.1, 0.15) is 5.58 Å². The van der Waals surface area contributed by atoms with Crippen LogP contribution in [0.25, 0.3) is 11.0 Å². The van der Waals surface area contributed by atoms with Crippen LogP contribution in [0.3, 0.4) is 0 Å². The number of fused-ring (bicyclic) bond motifs is 3. The molecule has 1 spiro atoms. The van der Waals surface area contributed by atoms with Crippen LogP contribution in [0.15, 0.2) is 22.6 Å². The average Bonchev–Trinajstić information content (AvgIpc) is 3.35. The molecular formula is C22H23F5N2O3. The Kier molecular flexibility index (Phi) is 4.75. The van der Waals surface area contributed by atoms with Crippen LogP contribution in [0.4, 0.5) is 27.6 Å². The smallest absolute Gasteiger partial charge is 0.416 e. The maximum atomic E-state index is 15.4. The zero-order chi connectivity index (χ0) is 22.9. The van der Waals surface area contributed by atoms with Gasteiger partial charge in [-0.1, -0.05) is 0 Å². The molecule has 0 radical (unpaired) electrons. The van der Waals surface area contributed by atoms with Crippen LogP contribution in [0, 0.1) is 5.92 Å². The normalized spacial score (nSPS) is 25.6. The van der Waals surface area contributed by atoms with Crippen molar-refractivity contribution in [2.75, 3.05) is 18.0 Å². The third kappa shape index (κ3) is 3.72. The molecule has 5 rings (SSSR count). The van der Waals surface area contributed by atoms with E-state index in [-0.39, 0.29) is 41.8 Å². The van der Waals surface area contributed by atoms with Gasteiger partial charge in [0.15, 0.2) is 0 Å². The minimum absolute atomic E-state index is 0.00228. The molecule has 0 atom stereocenters. The monoisotopic (exact) mass is 458 g/mol. The number of amides is 1. The SMILES string of the molecule is O=C1NC2(CC2)CN(CC(F)(F)[C@H]2CC[C@H](O)CC2)c2c1oc1ccc(C(F)(F)F)cc21. The lowest BCUT2D eigenvalue weighted by Gasteiger charge is -2.36. The fourth-order valence-corrected chi connectivity index (χ4v) is 4.96. The Labute approximate surface area is 180 Å². The van der Waals surface area contributed by atoms with E-state index in [0.29, 0.717) is 25.7 Å². The van der Waals surface area contributed by atoms with Crippen molar-refractivity contribution in [2.24, 2.45) is 5.92 Å². The van der Waals surface area contributed by atoms with E-state index in [1.165, 1.54) is 4.90 Å². The first kappa shape index (κ1) is 21.5. The van der Waals surface area contributed by atoms with Gasteiger partial charge in [-0.15, -0.1) is 0 Å². The van der Waals surface area contributed by atoms with Crippen LogP contribution in [-0.2, 0) is 6.18 Å². The second kappa shape index (κ2) is 7.07. The fraction of sp³-hybridized carbons (Fsp3) is 0.591. The minimum atomic E-state index is -4.62. The number of aliphatic hydroxyl groups excluding tert-OH is 1. The van der Waals surface area contributed by atoms with Crippen LogP contribution in [0.1, 0.15) is 54.6 Å². The van der Waals surface area contributed by atoms with Crippen LogP contribution < -0.4 is 10.2 Å². The molecule has 32 heavy (non-hydrogen) atoms. The number of carbonyl (C=O) groups excluding carboxylic acids is 1. The molecule has 0 saturated heterocycles. The molecule has 1 aromatic carbocycles. The Morgan fingerprint density at radius 2 is 1.81 bits per heavy atom.